The molecule has 1 aromatic rings. The Morgan fingerprint density at radius 2 is 2.21 bits per heavy atom. The van der Waals surface area contributed by atoms with Crippen LogP contribution in [0.5, 0.6) is 0 Å². The highest BCUT2D eigenvalue weighted by Crippen LogP contribution is 1.97. The fourth-order valence-corrected chi connectivity index (χ4v) is 1.19. The van der Waals surface area contributed by atoms with Crippen molar-refractivity contribution in [1.82, 2.24) is 14.8 Å². The lowest BCUT2D eigenvalue weighted by Crippen LogP contribution is -2.44. The van der Waals surface area contributed by atoms with E-state index in [1.54, 1.807) is 23.4 Å². The van der Waals surface area contributed by atoms with Crippen molar-refractivity contribution < 1.29 is 14.4 Å². The summed E-state index contributed by atoms with van der Waals surface area (Å²) in [5.74, 6) is 0. The molecular formula is C8H11N3O3. The SMILES string of the molecule is O=C(On1cccn1)N1CCOCC1. The van der Waals surface area contributed by atoms with Gasteiger partial charge in [0.2, 0.25) is 0 Å². The number of hydrogen-bond donors (Lipinski definition) is 0. The number of rotatable bonds is 1. The van der Waals surface area contributed by atoms with Crippen LogP contribution in [0.1, 0.15) is 0 Å². The van der Waals surface area contributed by atoms with Gasteiger partial charge in [0.1, 0.15) is 0 Å². The Morgan fingerprint density at radius 3 is 2.86 bits per heavy atom. The van der Waals surface area contributed by atoms with Crippen LogP contribution >= 0.6 is 0 Å². The highest BCUT2D eigenvalue weighted by molar-refractivity contribution is 5.67. The first-order valence-electron chi connectivity index (χ1n) is 4.41. The van der Waals surface area contributed by atoms with Gasteiger partial charge < -0.3 is 9.64 Å². The van der Waals surface area contributed by atoms with Crippen molar-refractivity contribution in [2.75, 3.05) is 26.3 Å². The molecule has 0 N–H and O–H groups in total. The lowest BCUT2D eigenvalue weighted by atomic mass is 10.5. The molecule has 0 aromatic carbocycles. The predicted octanol–water partition coefficient (Wildman–Crippen LogP) is -0.236. The van der Waals surface area contributed by atoms with E-state index in [4.69, 9.17) is 9.57 Å². The minimum atomic E-state index is -0.392. The number of amides is 1. The molecule has 1 aliphatic heterocycles. The molecule has 1 amide bonds. The maximum atomic E-state index is 11.5. The van der Waals surface area contributed by atoms with E-state index >= 15 is 0 Å². The van der Waals surface area contributed by atoms with Crippen LogP contribution in [0.3, 0.4) is 0 Å². The molecule has 0 saturated carbocycles. The summed E-state index contributed by atoms with van der Waals surface area (Å²) < 4.78 is 5.11. The zero-order valence-electron chi connectivity index (χ0n) is 7.63. The van der Waals surface area contributed by atoms with E-state index in [0.29, 0.717) is 26.3 Å². The van der Waals surface area contributed by atoms with Crippen LogP contribution in [0.4, 0.5) is 4.79 Å². The summed E-state index contributed by atoms with van der Waals surface area (Å²) in [5, 5.41) is 3.77. The molecule has 76 valence electrons. The number of morpholine rings is 1. The highest BCUT2D eigenvalue weighted by Gasteiger charge is 2.18. The van der Waals surface area contributed by atoms with Crippen LogP contribution in [0, 0.1) is 0 Å². The standard InChI is InChI=1S/C8H11N3O3/c12-8(10-4-6-13-7-5-10)14-11-3-1-2-9-11/h1-3H,4-7H2. The van der Waals surface area contributed by atoms with E-state index in [1.165, 1.54) is 0 Å². The van der Waals surface area contributed by atoms with Crippen LogP contribution in [0.2, 0.25) is 0 Å². The Morgan fingerprint density at radius 1 is 1.43 bits per heavy atom. The van der Waals surface area contributed by atoms with Gasteiger partial charge in [0.05, 0.1) is 25.6 Å². The molecule has 1 saturated heterocycles. The zero-order valence-corrected chi connectivity index (χ0v) is 7.63. The summed E-state index contributed by atoms with van der Waals surface area (Å²) in [6.45, 7) is 2.27. The smallest absolute Gasteiger partial charge is 0.378 e. The van der Waals surface area contributed by atoms with Gasteiger partial charge in [-0.05, 0) is 6.07 Å². The number of aromatic nitrogens is 2. The second-order valence-electron chi connectivity index (χ2n) is 2.87. The van der Waals surface area contributed by atoms with E-state index in [1.807, 2.05) is 0 Å². The van der Waals surface area contributed by atoms with E-state index in [-0.39, 0.29) is 0 Å². The fraction of sp³-hybridized carbons (Fsp3) is 0.500. The molecule has 0 unspecified atom stereocenters. The molecule has 0 atom stereocenters. The van der Waals surface area contributed by atoms with E-state index < -0.39 is 6.09 Å². The quantitative estimate of drug-likeness (QED) is 0.623. The molecule has 0 radical (unpaired) electrons. The first-order chi connectivity index (χ1) is 6.86. The van der Waals surface area contributed by atoms with Gasteiger partial charge in [-0.3, -0.25) is 4.84 Å². The van der Waals surface area contributed by atoms with Crippen LogP contribution in [0.15, 0.2) is 18.5 Å². The van der Waals surface area contributed by atoms with Crippen LogP contribution in [-0.2, 0) is 4.74 Å². The average molecular weight is 197 g/mol. The van der Waals surface area contributed by atoms with Gasteiger partial charge in [-0.15, -0.1) is 5.10 Å². The fourth-order valence-electron chi connectivity index (χ4n) is 1.19. The van der Waals surface area contributed by atoms with Crippen molar-refractivity contribution in [2.45, 2.75) is 0 Å². The second kappa shape index (κ2) is 4.10. The Balaban J connectivity index is 1.88. The van der Waals surface area contributed by atoms with Crippen molar-refractivity contribution in [2.24, 2.45) is 0 Å². The van der Waals surface area contributed by atoms with Gasteiger partial charge >= 0.3 is 6.09 Å². The monoisotopic (exact) mass is 197 g/mol. The third-order valence-corrected chi connectivity index (χ3v) is 1.92. The maximum Gasteiger partial charge on any atom is 0.436 e. The molecule has 1 aromatic heterocycles. The third kappa shape index (κ3) is 2.02. The van der Waals surface area contributed by atoms with Crippen LogP contribution < -0.4 is 4.84 Å². The van der Waals surface area contributed by atoms with Gasteiger partial charge in [-0.1, -0.05) is 4.85 Å². The summed E-state index contributed by atoms with van der Waals surface area (Å²) in [6.07, 6.45) is 2.72. The van der Waals surface area contributed by atoms with E-state index in [2.05, 4.69) is 5.10 Å². The summed E-state index contributed by atoms with van der Waals surface area (Å²) in [7, 11) is 0. The molecule has 1 fully saturated rings. The lowest BCUT2D eigenvalue weighted by molar-refractivity contribution is 0.0197. The molecule has 6 nitrogen and oxygen atoms in total. The number of carbonyl (C=O) groups is 1. The Labute approximate surface area is 81.0 Å². The van der Waals surface area contributed by atoms with Gasteiger partial charge in [0.25, 0.3) is 0 Å². The zero-order chi connectivity index (χ0) is 9.80. The topological polar surface area (TPSA) is 56.6 Å². The molecule has 2 rings (SSSR count). The minimum absolute atomic E-state index is 0.392. The predicted molar refractivity (Wildman–Crippen MR) is 46.6 cm³/mol. The second-order valence-corrected chi connectivity index (χ2v) is 2.87. The molecule has 2 heterocycles. The lowest BCUT2D eigenvalue weighted by Gasteiger charge is -2.25. The van der Waals surface area contributed by atoms with Crippen molar-refractivity contribution in [1.29, 1.82) is 0 Å². The molecule has 1 aliphatic rings. The summed E-state index contributed by atoms with van der Waals surface area (Å²) in [5.41, 5.74) is 0. The van der Waals surface area contributed by atoms with Gasteiger partial charge in [-0.2, -0.15) is 0 Å². The number of ether oxygens (including phenoxy) is 1. The molecule has 14 heavy (non-hydrogen) atoms. The summed E-state index contributed by atoms with van der Waals surface area (Å²) in [6, 6.07) is 1.69. The van der Waals surface area contributed by atoms with Crippen LogP contribution in [-0.4, -0.2) is 47.2 Å². The first kappa shape index (κ1) is 9.01. The van der Waals surface area contributed by atoms with Gasteiger partial charge in [-0.25, -0.2) is 4.79 Å². The van der Waals surface area contributed by atoms with Crippen molar-refractivity contribution in [3.63, 3.8) is 0 Å². The van der Waals surface area contributed by atoms with Crippen molar-refractivity contribution >= 4 is 6.09 Å². The molecular weight excluding hydrogens is 186 g/mol. The Kier molecular flexibility index (Phi) is 2.64. The maximum absolute atomic E-state index is 11.5. The van der Waals surface area contributed by atoms with Crippen molar-refractivity contribution in [3.05, 3.63) is 18.5 Å². The van der Waals surface area contributed by atoms with Crippen molar-refractivity contribution in [3.8, 4) is 0 Å². The number of carbonyl (C=O) groups excluding carboxylic acids is 1. The molecule has 0 spiro atoms. The van der Waals surface area contributed by atoms with Crippen LogP contribution in [0.25, 0.3) is 0 Å². The highest BCUT2D eigenvalue weighted by atomic mass is 16.7. The summed E-state index contributed by atoms with van der Waals surface area (Å²) >= 11 is 0. The number of hydrogen-bond acceptors (Lipinski definition) is 4. The van der Waals surface area contributed by atoms with Gasteiger partial charge in [0, 0.05) is 13.1 Å². The Bertz CT molecular complexity index is 293. The molecule has 0 bridgehead atoms. The van der Waals surface area contributed by atoms with E-state index in [9.17, 15) is 4.79 Å². The average Bonchev–Trinajstić information content (AvgIpc) is 2.72. The number of nitrogens with zero attached hydrogens (tertiary/aromatic N) is 3. The largest absolute Gasteiger partial charge is 0.436 e. The summed E-state index contributed by atoms with van der Waals surface area (Å²) in [4.78, 5) is 19.1. The first-order valence-corrected chi connectivity index (χ1v) is 4.41. The minimum Gasteiger partial charge on any atom is -0.378 e. The third-order valence-electron chi connectivity index (χ3n) is 1.92. The normalized spacial score (nSPS) is 16.7. The Hall–Kier alpha value is -1.56. The molecule has 0 aliphatic carbocycles. The van der Waals surface area contributed by atoms with E-state index in [0.717, 1.165) is 4.85 Å². The molecule has 6 heteroatoms. The van der Waals surface area contributed by atoms with Gasteiger partial charge in [0.15, 0.2) is 0 Å².